The second kappa shape index (κ2) is 7.38. The van der Waals surface area contributed by atoms with Crippen molar-refractivity contribution in [3.8, 4) is 0 Å². The van der Waals surface area contributed by atoms with Gasteiger partial charge in [0.2, 0.25) is 5.91 Å². The minimum Gasteiger partial charge on any atom is -0.396 e. The summed E-state index contributed by atoms with van der Waals surface area (Å²) >= 11 is 5.95. The highest BCUT2D eigenvalue weighted by Gasteiger charge is 2.11. The lowest BCUT2D eigenvalue weighted by atomic mass is 10.0. The number of anilines is 1. The van der Waals surface area contributed by atoms with E-state index in [1.54, 1.807) is 24.4 Å². The summed E-state index contributed by atoms with van der Waals surface area (Å²) in [6.45, 7) is 2.18. The van der Waals surface area contributed by atoms with Crippen molar-refractivity contribution < 1.29 is 9.90 Å². The van der Waals surface area contributed by atoms with Crippen LogP contribution >= 0.6 is 11.6 Å². The minimum atomic E-state index is -0.0251. The first kappa shape index (κ1) is 15.7. The number of aromatic nitrogens is 1. The van der Waals surface area contributed by atoms with Crippen molar-refractivity contribution in [2.24, 2.45) is 5.92 Å². The van der Waals surface area contributed by atoms with Gasteiger partial charge < -0.3 is 10.4 Å². The van der Waals surface area contributed by atoms with E-state index in [9.17, 15) is 4.79 Å². The molecule has 2 N–H and O–H groups in total. The van der Waals surface area contributed by atoms with Crippen LogP contribution in [0.25, 0.3) is 10.9 Å². The molecule has 2 rings (SSSR count). The van der Waals surface area contributed by atoms with Gasteiger partial charge in [-0.15, -0.1) is 0 Å². The van der Waals surface area contributed by atoms with Gasteiger partial charge in [0.15, 0.2) is 0 Å². The summed E-state index contributed by atoms with van der Waals surface area (Å²) in [6.07, 6.45) is 3.67. The Balaban J connectivity index is 2.07. The molecule has 0 aliphatic carbocycles. The fourth-order valence-corrected chi connectivity index (χ4v) is 2.46. The van der Waals surface area contributed by atoms with Gasteiger partial charge in [0.25, 0.3) is 0 Å². The van der Waals surface area contributed by atoms with Gasteiger partial charge in [0.05, 0.1) is 11.2 Å². The van der Waals surface area contributed by atoms with Crippen molar-refractivity contribution in [1.29, 1.82) is 0 Å². The van der Waals surface area contributed by atoms with E-state index in [1.807, 2.05) is 13.0 Å². The van der Waals surface area contributed by atoms with Crippen molar-refractivity contribution in [2.45, 2.75) is 26.2 Å². The number of aliphatic hydroxyl groups excluding tert-OH is 1. The van der Waals surface area contributed by atoms with Crippen LogP contribution in [0.3, 0.4) is 0 Å². The molecule has 0 aliphatic rings. The standard InChI is InChI=1S/C16H19ClN2O2/c1-11(3-2-8-20)9-16(21)19-14-6-7-18-15-10-12(17)4-5-13(14)15/h4-7,10-11,20H,2-3,8-9H2,1H3,(H,18,19,21). The van der Waals surface area contributed by atoms with Gasteiger partial charge in [-0.05, 0) is 43.0 Å². The highest BCUT2D eigenvalue weighted by molar-refractivity contribution is 6.31. The molecule has 1 atom stereocenters. The van der Waals surface area contributed by atoms with E-state index in [4.69, 9.17) is 16.7 Å². The second-order valence-corrected chi connectivity index (χ2v) is 5.68. The van der Waals surface area contributed by atoms with E-state index in [0.29, 0.717) is 11.4 Å². The summed E-state index contributed by atoms with van der Waals surface area (Å²) in [4.78, 5) is 16.3. The predicted molar refractivity (Wildman–Crippen MR) is 85.5 cm³/mol. The number of amides is 1. The average Bonchev–Trinajstić information content (AvgIpc) is 2.44. The number of nitrogens with zero attached hydrogens (tertiary/aromatic N) is 1. The Kier molecular flexibility index (Phi) is 5.53. The Hall–Kier alpha value is -1.65. The van der Waals surface area contributed by atoms with Crippen molar-refractivity contribution in [3.05, 3.63) is 35.5 Å². The van der Waals surface area contributed by atoms with E-state index in [1.165, 1.54) is 0 Å². The first-order valence-electron chi connectivity index (χ1n) is 7.05. The lowest BCUT2D eigenvalue weighted by molar-refractivity contribution is -0.117. The highest BCUT2D eigenvalue weighted by atomic mass is 35.5. The van der Waals surface area contributed by atoms with Gasteiger partial charge in [-0.3, -0.25) is 9.78 Å². The van der Waals surface area contributed by atoms with E-state index < -0.39 is 0 Å². The second-order valence-electron chi connectivity index (χ2n) is 5.24. The van der Waals surface area contributed by atoms with Gasteiger partial charge in [-0.2, -0.15) is 0 Å². The highest BCUT2D eigenvalue weighted by Crippen LogP contribution is 2.24. The molecule has 0 bridgehead atoms. The molecule has 1 unspecified atom stereocenters. The number of nitrogens with one attached hydrogen (secondary N) is 1. The van der Waals surface area contributed by atoms with Crippen LogP contribution in [-0.2, 0) is 4.79 Å². The maximum Gasteiger partial charge on any atom is 0.224 e. The normalized spacial score (nSPS) is 12.3. The summed E-state index contributed by atoms with van der Waals surface area (Å²) in [5, 5.41) is 13.2. The third kappa shape index (κ3) is 4.41. The smallest absolute Gasteiger partial charge is 0.224 e. The molecule has 0 saturated carbocycles. The molecule has 0 spiro atoms. The molecule has 1 aromatic carbocycles. The lowest BCUT2D eigenvalue weighted by Gasteiger charge is -2.12. The molecule has 4 nitrogen and oxygen atoms in total. The Morgan fingerprint density at radius 1 is 1.43 bits per heavy atom. The van der Waals surface area contributed by atoms with Gasteiger partial charge >= 0.3 is 0 Å². The van der Waals surface area contributed by atoms with Crippen molar-refractivity contribution in [2.75, 3.05) is 11.9 Å². The Morgan fingerprint density at radius 2 is 2.24 bits per heavy atom. The van der Waals surface area contributed by atoms with Crippen LogP contribution in [0, 0.1) is 5.92 Å². The average molecular weight is 307 g/mol. The Morgan fingerprint density at radius 3 is 3.00 bits per heavy atom. The van der Waals surface area contributed by atoms with Gasteiger partial charge in [-0.1, -0.05) is 18.5 Å². The van der Waals surface area contributed by atoms with Crippen LogP contribution < -0.4 is 5.32 Å². The summed E-state index contributed by atoms with van der Waals surface area (Å²) < 4.78 is 0. The number of hydrogen-bond donors (Lipinski definition) is 2. The minimum absolute atomic E-state index is 0.0251. The number of hydrogen-bond acceptors (Lipinski definition) is 3. The van der Waals surface area contributed by atoms with Gasteiger partial charge in [-0.25, -0.2) is 0 Å². The molecule has 2 aromatic rings. The van der Waals surface area contributed by atoms with Crippen molar-refractivity contribution in [1.82, 2.24) is 4.98 Å². The monoisotopic (exact) mass is 306 g/mol. The maximum absolute atomic E-state index is 12.1. The third-order valence-corrected chi connectivity index (χ3v) is 3.60. The molecule has 21 heavy (non-hydrogen) atoms. The van der Waals surface area contributed by atoms with Crippen LogP contribution in [0.15, 0.2) is 30.5 Å². The van der Waals surface area contributed by atoms with E-state index >= 15 is 0 Å². The molecule has 112 valence electrons. The lowest BCUT2D eigenvalue weighted by Crippen LogP contribution is -2.15. The Bertz CT molecular complexity index is 631. The molecule has 0 fully saturated rings. The first-order valence-corrected chi connectivity index (χ1v) is 7.43. The van der Waals surface area contributed by atoms with Gasteiger partial charge in [0, 0.05) is 29.6 Å². The Labute approximate surface area is 129 Å². The molecule has 1 aromatic heterocycles. The van der Waals surface area contributed by atoms with Crippen molar-refractivity contribution >= 4 is 34.1 Å². The molecular formula is C16H19ClN2O2. The van der Waals surface area contributed by atoms with E-state index in [-0.39, 0.29) is 18.4 Å². The SMILES string of the molecule is CC(CCCO)CC(=O)Nc1ccnc2cc(Cl)ccc12. The van der Waals surface area contributed by atoms with Crippen LogP contribution in [0.5, 0.6) is 0 Å². The summed E-state index contributed by atoms with van der Waals surface area (Å²) in [5.74, 6) is 0.225. The van der Waals surface area contributed by atoms with E-state index in [2.05, 4.69) is 10.3 Å². The maximum atomic E-state index is 12.1. The molecule has 0 aliphatic heterocycles. The number of carbonyl (C=O) groups excluding carboxylic acids is 1. The van der Waals surface area contributed by atoms with Crippen LogP contribution in [0.2, 0.25) is 5.02 Å². The zero-order chi connectivity index (χ0) is 15.2. The summed E-state index contributed by atoms with van der Waals surface area (Å²) in [5.41, 5.74) is 1.50. The molecule has 1 amide bonds. The fourth-order valence-electron chi connectivity index (χ4n) is 2.29. The molecule has 0 saturated heterocycles. The van der Waals surface area contributed by atoms with Crippen LogP contribution in [0.4, 0.5) is 5.69 Å². The first-order chi connectivity index (χ1) is 10.1. The number of benzene rings is 1. The summed E-state index contributed by atoms with van der Waals surface area (Å²) in [6, 6.07) is 7.20. The predicted octanol–water partition coefficient (Wildman–Crippen LogP) is 3.63. The summed E-state index contributed by atoms with van der Waals surface area (Å²) in [7, 11) is 0. The fraction of sp³-hybridized carbons (Fsp3) is 0.375. The molecule has 5 heteroatoms. The number of pyridine rings is 1. The van der Waals surface area contributed by atoms with Crippen LogP contribution in [0.1, 0.15) is 26.2 Å². The topological polar surface area (TPSA) is 62.2 Å². The number of halogens is 1. The molecular weight excluding hydrogens is 288 g/mol. The van der Waals surface area contributed by atoms with E-state index in [0.717, 1.165) is 29.4 Å². The number of carbonyl (C=O) groups is 1. The number of aliphatic hydroxyl groups is 1. The molecule has 0 radical (unpaired) electrons. The zero-order valence-electron chi connectivity index (χ0n) is 12.0. The number of rotatable bonds is 6. The number of fused-ring (bicyclic) bond motifs is 1. The van der Waals surface area contributed by atoms with Gasteiger partial charge in [0.1, 0.15) is 0 Å². The van der Waals surface area contributed by atoms with Crippen molar-refractivity contribution in [3.63, 3.8) is 0 Å². The zero-order valence-corrected chi connectivity index (χ0v) is 12.7. The molecule has 1 heterocycles. The van der Waals surface area contributed by atoms with Crippen LogP contribution in [-0.4, -0.2) is 22.6 Å². The largest absolute Gasteiger partial charge is 0.396 e. The third-order valence-electron chi connectivity index (χ3n) is 3.37. The quantitative estimate of drug-likeness (QED) is 0.856.